The van der Waals surface area contributed by atoms with Crippen molar-refractivity contribution in [3.63, 3.8) is 0 Å². The first-order valence-corrected chi connectivity index (χ1v) is 13.5. The zero-order valence-corrected chi connectivity index (χ0v) is 23.1. The van der Waals surface area contributed by atoms with Crippen molar-refractivity contribution in [2.45, 2.75) is 13.5 Å². The zero-order chi connectivity index (χ0) is 25.5. The molecule has 0 atom stereocenters. The average Bonchev–Trinajstić information content (AvgIpc) is 3.13. The molecule has 0 radical (unpaired) electrons. The van der Waals surface area contributed by atoms with E-state index in [0.29, 0.717) is 40.4 Å². The van der Waals surface area contributed by atoms with Crippen LogP contribution in [0, 0.1) is 3.57 Å². The molecule has 1 fully saturated rings. The van der Waals surface area contributed by atoms with Gasteiger partial charge < -0.3 is 14.2 Å². The second kappa shape index (κ2) is 12.5. The molecule has 36 heavy (non-hydrogen) atoms. The number of hydrogen-bond donors (Lipinski definition) is 0. The van der Waals surface area contributed by atoms with E-state index in [2.05, 4.69) is 22.6 Å². The van der Waals surface area contributed by atoms with Crippen LogP contribution in [0.5, 0.6) is 17.2 Å². The summed E-state index contributed by atoms with van der Waals surface area (Å²) in [7, 11) is 0. The van der Waals surface area contributed by atoms with E-state index < -0.39 is 0 Å². The van der Waals surface area contributed by atoms with E-state index in [1.807, 2.05) is 49.4 Å². The van der Waals surface area contributed by atoms with Crippen LogP contribution in [0.3, 0.4) is 0 Å². The summed E-state index contributed by atoms with van der Waals surface area (Å²) in [5, 5.41) is 0.282. The van der Waals surface area contributed by atoms with Gasteiger partial charge in [0.15, 0.2) is 11.5 Å². The first kappa shape index (κ1) is 26.4. The predicted molar refractivity (Wildman–Crippen MR) is 151 cm³/mol. The highest BCUT2D eigenvalue weighted by molar-refractivity contribution is 14.1. The molecule has 1 aliphatic rings. The van der Waals surface area contributed by atoms with Crippen molar-refractivity contribution in [2.75, 3.05) is 19.8 Å². The Hall–Kier alpha value is -2.69. The summed E-state index contributed by atoms with van der Waals surface area (Å²) in [5.74, 6) is 1.50. The Labute approximate surface area is 232 Å². The Kier molecular flexibility index (Phi) is 9.17. The normalized spacial score (nSPS) is 14.4. The summed E-state index contributed by atoms with van der Waals surface area (Å²) in [6.45, 7) is 3.11. The van der Waals surface area contributed by atoms with Gasteiger partial charge in [0.2, 0.25) is 0 Å². The maximum absolute atomic E-state index is 12.9. The monoisotopic (exact) mass is 635 g/mol. The lowest BCUT2D eigenvalue weighted by Crippen LogP contribution is -2.32. The average molecular weight is 636 g/mol. The Morgan fingerprint density at radius 2 is 1.75 bits per heavy atom. The predicted octanol–water partition coefficient (Wildman–Crippen LogP) is 7.04. The van der Waals surface area contributed by atoms with Crippen LogP contribution >= 0.6 is 46.0 Å². The molecule has 0 saturated carbocycles. The highest BCUT2D eigenvalue weighted by Gasteiger charge is 2.35. The number of benzene rings is 3. The lowest BCUT2D eigenvalue weighted by Gasteiger charge is -2.15. The molecule has 0 N–H and O–H groups in total. The summed E-state index contributed by atoms with van der Waals surface area (Å²) in [4.78, 5) is 26.9. The highest BCUT2D eigenvalue weighted by Crippen LogP contribution is 2.38. The number of carbonyl (C=O) groups excluding carboxylic acids is 2. The van der Waals surface area contributed by atoms with Gasteiger partial charge in [-0.1, -0.05) is 41.9 Å². The van der Waals surface area contributed by atoms with Gasteiger partial charge in [0.05, 0.1) is 21.6 Å². The molecule has 2 amide bonds. The number of hydrogen-bond acceptors (Lipinski definition) is 6. The molecule has 9 heteroatoms. The van der Waals surface area contributed by atoms with Gasteiger partial charge in [0, 0.05) is 5.02 Å². The van der Waals surface area contributed by atoms with Crippen LogP contribution in [0.15, 0.2) is 71.6 Å². The minimum Gasteiger partial charge on any atom is -0.492 e. The Morgan fingerprint density at radius 1 is 1.00 bits per heavy atom. The Morgan fingerprint density at radius 3 is 2.47 bits per heavy atom. The van der Waals surface area contributed by atoms with E-state index in [1.54, 1.807) is 30.3 Å². The summed E-state index contributed by atoms with van der Waals surface area (Å²) < 4.78 is 18.4. The van der Waals surface area contributed by atoms with Gasteiger partial charge in [-0.05, 0) is 94.9 Å². The molecule has 3 aromatic rings. The number of imide groups is 1. The molecule has 3 aromatic carbocycles. The van der Waals surface area contributed by atoms with E-state index in [9.17, 15) is 9.59 Å². The van der Waals surface area contributed by atoms with E-state index >= 15 is 0 Å². The third-order valence-corrected chi connectivity index (χ3v) is 7.09. The molecule has 1 heterocycles. The van der Waals surface area contributed by atoms with Crippen LogP contribution in [0.1, 0.15) is 18.1 Å². The molecular formula is C27H23ClINO5S. The van der Waals surface area contributed by atoms with Crippen LogP contribution in [0.2, 0.25) is 5.02 Å². The third-order valence-electron chi connectivity index (χ3n) is 5.13. The first-order chi connectivity index (χ1) is 17.4. The van der Waals surface area contributed by atoms with Crippen LogP contribution in [0.4, 0.5) is 4.79 Å². The van der Waals surface area contributed by atoms with Crippen molar-refractivity contribution in [3.05, 3.63) is 91.4 Å². The maximum Gasteiger partial charge on any atom is 0.293 e. The lowest BCUT2D eigenvalue weighted by molar-refractivity contribution is -0.123. The molecule has 1 aliphatic heterocycles. The molecule has 1 saturated heterocycles. The molecule has 0 aliphatic carbocycles. The highest BCUT2D eigenvalue weighted by atomic mass is 127. The maximum atomic E-state index is 12.9. The van der Waals surface area contributed by atoms with Crippen LogP contribution < -0.4 is 14.2 Å². The summed E-state index contributed by atoms with van der Waals surface area (Å²) in [6.07, 6.45) is 1.70. The molecular weight excluding hydrogens is 613 g/mol. The van der Waals surface area contributed by atoms with Crippen LogP contribution in [0.25, 0.3) is 6.08 Å². The third kappa shape index (κ3) is 6.74. The van der Waals surface area contributed by atoms with Crippen molar-refractivity contribution >= 4 is 63.2 Å². The van der Waals surface area contributed by atoms with Crippen molar-refractivity contribution < 1.29 is 23.8 Å². The molecule has 6 nitrogen and oxygen atoms in total. The van der Waals surface area contributed by atoms with E-state index in [1.165, 1.54) is 4.90 Å². The number of rotatable bonds is 10. The SMILES string of the molecule is CCOc1cc(/C=C2\SC(=O)N(CCOc3ccc(Cl)cc3)C2=O)cc(I)c1OCc1ccccc1. The van der Waals surface area contributed by atoms with Crippen molar-refractivity contribution in [2.24, 2.45) is 0 Å². The number of amides is 2. The molecule has 4 rings (SSSR count). The fourth-order valence-corrected chi connectivity index (χ4v) is 5.21. The second-order valence-corrected chi connectivity index (χ2v) is 10.3. The van der Waals surface area contributed by atoms with Gasteiger partial charge in [-0.15, -0.1) is 0 Å². The summed E-state index contributed by atoms with van der Waals surface area (Å²) in [5.41, 5.74) is 1.80. The second-order valence-electron chi connectivity index (χ2n) is 7.67. The standard InChI is InChI=1S/C27H23ClINO5S/c1-2-33-23-15-19(14-22(29)25(23)35-17-18-6-4-3-5-7-18)16-24-26(31)30(27(32)36-24)12-13-34-21-10-8-20(28)9-11-21/h3-11,14-16H,2,12-13,17H2,1H3/b24-16-. The summed E-state index contributed by atoms with van der Waals surface area (Å²) >= 11 is 8.98. The Balaban J connectivity index is 1.45. The van der Waals surface area contributed by atoms with E-state index in [0.717, 1.165) is 26.5 Å². The quantitative estimate of drug-likeness (QED) is 0.176. The molecule has 0 aromatic heterocycles. The fraction of sp³-hybridized carbons (Fsp3) is 0.185. The van der Waals surface area contributed by atoms with E-state index in [4.69, 9.17) is 25.8 Å². The fourth-order valence-electron chi connectivity index (χ4n) is 3.43. The number of halogens is 2. The Bertz CT molecular complexity index is 1270. The topological polar surface area (TPSA) is 65.1 Å². The van der Waals surface area contributed by atoms with E-state index in [-0.39, 0.29) is 24.3 Å². The zero-order valence-electron chi connectivity index (χ0n) is 19.4. The molecule has 0 spiro atoms. The first-order valence-electron chi connectivity index (χ1n) is 11.2. The van der Waals surface area contributed by atoms with Gasteiger partial charge in [-0.25, -0.2) is 0 Å². The van der Waals surface area contributed by atoms with Crippen molar-refractivity contribution in [1.29, 1.82) is 0 Å². The number of thioether (sulfide) groups is 1. The van der Waals surface area contributed by atoms with Gasteiger partial charge in [0.1, 0.15) is 19.0 Å². The smallest absolute Gasteiger partial charge is 0.293 e. The van der Waals surface area contributed by atoms with Gasteiger partial charge in [0.25, 0.3) is 11.1 Å². The number of carbonyl (C=O) groups is 2. The molecule has 0 bridgehead atoms. The van der Waals surface area contributed by atoms with Crippen molar-refractivity contribution in [3.8, 4) is 17.2 Å². The summed E-state index contributed by atoms with van der Waals surface area (Å²) in [6, 6.07) is 20.5. The van der Waals surface area contributed by atoms with Gasteiger partial charge in [-0.3, -0.25) is 14.5 Å². The van der Waals surface area contributed by atoms with Gasteiger partial charge in [-0.2, -0.15) is 0 Å². The molecule has 186 valence electrons. The van der Waals surface area contributed by atoms with Crippen LogP contribution in [-0.2, 0) is 11.4 Å². The van der Waals surface area contributed by atoms with Crippen molar-refractivity contribution in [1.82, 2.24) is 4.90 Å². The number of nitrogens with zero attached hydrogens (tertiary/aromatic N) is 1. The van der Waals surface area contributed by atoms with Crippen LogP contribution in [-0.4, -0.2) is 35.8 Å². The lowest BCUT2D eigenvalue weighted by atomic mass is 10.1. The minimum atomic E-state index is -0.345. The largest absolute Gasteiger partial charge is 0.492 e. The molecule has 0 unspecified atom stereocenters. The minimum absolute atomic E-state index is 0.151. The van der Waals surface area contributed by atoms with Gasteiger partial charge >= 0.3 is 0 Å². The number of ether oxygens (including phenoxy) is 3.